The summed E-state index contributed by atoms with van der Waals surface area (Å²) in [6, 6.07) is 7.94. The van der Waals surface area contributed by atoms with E-state index in [0.717, 1.165) is 49.9 Å². The first-order valence-electron chi connectivity index (χ1n) is 14.4. The number of rotatable bonds is 10. The molecule has 0 atom stereocenters. The highest BCUT2D eigenvalue weighted by Gasteiger charge is 2.42. The zero-order valence-electron chi connectivity index (χ0n) is 24.3. The first kappa shape index (κ1) is 33.3. The smallest absolute Gasteiger partial charge is 0.429 e. The van der Waals surface area contributed by atoms with Gasteiger partial charge in [0, 0.05) is 28.7 Å². The van der Waals surface area contributed by atoms with Crippen LogP contribution in [0.4, 0.5) is 39.5 Å². The summed E-state index contributed by atoms with van der Waals surface area (Å²) in [5.74, 6) is -11.0. The van der Waals surface area contributed by atoms with Gasteiger partial charge in [0.1, 0.15) is 34.6 Å². The maximum Gasteiger partial charge on any atom is 0.432 e. The highest BCUT2D eigenvalue weighted by molar-refractivity contribution is 5.72. The van der Waals surface area contributed by atoms with Gasteiger partial charge in [-0.15, -0.1) is 0 Å². The fourth-order valence-electron chi connectivity index (χ4n) is 5.21. The predicted octanol–water partition coefficient (Wildman–Crippen LogP) is 10.4. The number of halogens is 9. The van der Waals surface area contributed by atoms with Crippen LogP contribution in [0.25, 0.3) is 22.3 Å². The van der Waals surface area contributed by atoms with Crippen LogP contribution in [0.3, 0.4) is 0 Å². The maximum absolute atomic E-state index is 15.0. The molecule has 1 aliphatic heterocycles. The van der Waals surface area contributed by atoms with Gasteiger partial charge in [-0.1, -0.05) is 38.3 Å². The summed E-state index contributed by atoms with van der Waals surface area (Å²) in [5, 5.41) is 0. The summed E-state index contributed by atoms with van der Waals surface area (Å²) < 4.78 is 146. The molecule has 1 fully saturated rings. The molecule has 0 N–H and O–H groups in total. The van der Waals surface area contributed by atoms with Crippen LogP contribution in [0, 0.1) is 46.6 Å². The van der Waals surface area contributed by atoms with Crippen LogP contribution in [0.5, 0.6) is 5.75 Å². The van der Waals surface area contributed by atoms with Crippen molar-refractivity contribution in [1.29, 1.82) is 0 Å². The summed E-state index contributed by atoms with van der Waals surface area (Å²) in [5.41, 5.74) is -2.84. The van der Waals surface area contributed by atoms with Crippen molar-refractivity contribution in [3.63, 3.8) is 0 Å². The fourth-order valence-corrected chi connectivity index (χ4v) is 5.21. The van der Waals surface area contributed by atoms with Crippen molar-refractivity contribution in [3.05, 3.63) is 113 Å². The molecule has 1 aliphatic rings. The minimum absolute atomic E-state index is 0.0905. The first-order valence-corrected chi connectivity index (χ1v) is 14.4. The molecule has 0 radical (unpaired) electrons. The normalized spacial score (nSPS) is 16.9. The quantitative estimate of drug-likeness (QED) is 0.0968. The Morgan fingerprint density at radius 3 is 1.83 bits per heavy atom. The molecule has 4 aromatic rings. The van der Waals surface area contributed by atoms with Crippen LogP contribution in [0.2, 0.25) is 0 Å². The number of hydrogen-bond donors (Lipinski definition) is 0. The minimum Gasteiger partial charge on any atom is -0.429 e. The van der Waals surface area contributed by atoms with E-state index in [4.69, 9.17) is 9.47 Å². The Bertz CT molecular complexity index is 1670. The van der Waals surface area contributed by atoms with Crippen molar-refractivity contribution in [1.82, 2.24) is 0 Å². The standard InChI is InChI=1S/C34H27F9O3/c1-2-3-4-5-18-16-44-33(45-17-18)21-13-27(37)31(28(38)14-21)34(42,43)46-22-7-9-23(26(36)15-22)19-6-8-24(25(35)10-19)20-11-29(39)32(41)30(40)12-20/h6-15,18,33H,2-5,16-17H2,1H3. The van der Waals surface area contributed by atoms with E-state index < -0.39 is 64.4 Å². The molecule has 12 heteroatoms. The third kappa shape index (κ3) is 7.18. The lowest BCUT2D eigenvalue weighted by Crippen LogP contribution is -2.28. The first-order chi connectivity index (χ1) is 21.9. The number of alkyl halides is 2. The van der Waals surface area contributed by atoms with Gasteiger partial charge in [-0.2, -0.15) is 8.78 Å². The van der Waals surface area contributed by atoms with Crippen molar-refractivity contribution >= 4 is 0 Å². The molecule has 0 saturated carbocycles. The molecule has 0 spiro atoms. The Balaban J connectivity index is 1.30. The van der Waals surface area contributed by atoms with Crippen molar-refractivity contribution in [2.75, 3.05) is 13.2 Å². The fraction of sp³-hybridized carbons (Fsp3) is 0.294. The molecule has 0 unspecified atom stereocenters. The van der Waals surface area contributed by atoms with Gasteiger partial charge in [0.2, 0.25) is 0 Å². The van der Waals surface area contributed by atoms with Crippen LogP contribution in [-0.2, 0) is 15.6 Å². The molecule has 0 bridgehead atoms. The molecule has 0 aromatic heterocycles. The average Bonchev–Trinajstić information content (AvgIpc) is 2.99. The Hall–Kier alpha value is -4.03. The van der Waals surface area contributed by atoms with Gasteiger partial charge in [-0.25, -0.2) is 30.7 Å². The molecule has 244 valence electrons. The molecule has 46 heavy (non-hydrogen) atoms. The molecule has 5 rings (SSSR count). The Morgan fingerprint density at radius 2 is 1.24 bits per heavy atom. The largest absolute Gasteiger partial charge is 0.432 e. The number of ether oxygens (including phenoxy) is 3. The van der Waals surface area contributed by atoms with E-state index in [1.165, 1.54) is 6.07 Å². The Labute approximate surface area is 258 Å². The van der Waals surface area contributed by atoms with Gasteiger partial charge >= 0.3 is 6.11 Å². The third-order valence-corrected chi connectivity index (χ3v) is 7.57. The van der Waals surface area contributed by atoms with E-state index in [9.17, 15) is 30.7 Å². The second kappa shape index (κ2) is 13.8. The van der Waals surface area contributed by atoms with E-state index in [-0.39, 0.29) is 46.9 Å². The van der Waals surface area contributed by atoms with E-state index >= 15 is 8.78 Å². The number of hydrogen-bond acceptors (Lipinski definition) is 3. The average molecular weight is 655 g/mol. The highest BCUT2D eigenvalue weighted by atomic mass is 19.3. The van der Waals surface area contributed by atoms with Gasteiger partial charge in [0.15, 0.2) is 23.7 Å². The third-order valence-electron chi connectivity index (χ3n) is 7.57. The molecule has 0 amide bonds. The highest BCUT2D eigenvalue weighted by Crippen LogP contribution is 2.39. The van der Waals surface area contributed by atoms with Crippen molar-refractivity contribution in [2.45, 2.75) is 45.0 Å². The minimum atomic E-state index is -4.58. The Kier molecular flexibility index (Phi) is 9.97. The van der Waals surface area contributed by atoms with E-state index in [1.54, 1.807) is 0 Å². The van der Waals surface area contributed by atoms with Gasteiger partial charge in [0.05, 0.1) is 13.2 Å². The zero-order chi connectivity index (χ0) is 33.2. The lowest BCUT2D eigenvalue weighted by atomic mass is 9.99. The molecule has 4 aromatic carbocycles. The molecular formula is C34H27F9O3. The van der Waals surface area contributed by atoms with Crippen LogP contribution < -0.4 is 4.74 Å². The van der Waals surface area contributed by atoms with Crippen molar-refractivity contribution in [2.24, 2.45) is 5.92 Å². The lowest BCUT2D eigenvalue weighted by Gasteiger charge is -2.30. The van der Waals surface area contributed by atoms with Crippen LogP contribution in [0.15, 0.2) is 60.7 Å². The van der Waals surface area contributed by atoms with Crippen LogP contribution >= 0.6 is 0 Å². The molecule has 3 nitrogen and oxygen atoms in total. The van der Waals surface area contributed by atoms with Gasteiger partial charge in [0.25, 0.3) is 0 Å². The summed E-state index contributed by atoms with van der Waals surface area (Å²) in [4.78, 5) is 0. The zero-order valence-corrected chi connectivity index (χ0v) is 24.3. The summed E-state index contributed by atoms with van der Waals surface area (Å²) in [6.45, 7) is 2.64. The maximum atomic E-state index is 15.0. The van der Waals surface area contributed by atoms with Crippen LogP contribution in [0.1, 0.15) is 50.0 Å². The van der Waals surface area contributed by atoms with E-state index in [1.807, 2.05) is 0 Å². The van der Waals surface area contributed by atoms with Crippen molar-refractivity contribution in [3.8, 4) is 28.0 Å². The summed E-state index contributed by atoms with van der Waals surface area (Å²) in [6.07, 6.45) is -1.79. The monoisotopic (exact) mass is 654 g/mol. The van der Waals surface area contributed by atoms with Crippen molar-refractivity contribution < 1.29 is 53.7 Å². The van der Waals surface area contributed by atoms with Gasteiger partial charge < -0.3 is 14.2 Å². The molecule has 0 aliphatic carbocycles. The van der Waals surface area contributed by atoms with Gasteiger partial charge in [-0.05, 0) is 60.0 Å². The topological polar surface area (TPSA) is 27.7 Å². The summed E-state index contributed by atoms with van der Waals surface area (Å²) >= 11 is 0. The van der Waals surface area contributed by atoms with E-state index in [2.05, 4.69) is 11.7 Å². The van der Waals surface area contributed by atoms with E-state index in [0.29, 0.717) is 30.3 Å². The molecule has 1 heterocycles. The Morgan fingerprint density at radius 1 is 0.674 bits per heavy atom. The molecular weight excluding hydrogens is 627 g/mol. The number of unbranched alkanes of at least 4 members (excludes halogenated alkanes) is 2. The molecule has 1 saturated heterocycles. The van der Waals surface area contributed by atoms with Gasteiger partial charge in [-0.3, -0.25) is 0 Å². The predicted molar refractivity (Wildman–Crippen MR) is 150 cm³/mol. The SMILES string of the molecule is CCCCCC1COC(c2cc(F)c(C(F)(F)Oc3ccc(-c4ccc(-c5cc(F)c(F)c(F)c5)c(F)c4)c(F)c3)c(F)c2)OC1. The second-order valence-electron chi connectivity index (χ2n) is 10.9. The number of benzene rings is 4. The summed E-state index contributed by atoms with van der Waals surface area (Å²) in [7, 11) is 0. The lowest BCUT2D eigenvalue weighted by molar-refractivity contribution is -0.206. The van der Waals surface area contributed by atoms with Crippen LogP contribution in [-0.4, -0.2) is 13.2 Å². The second-order valence-corrected chi connectivity index (χ2v) is 10.9.